The first-order chi connectivity index (χ1) is 34.3. The van der Waals surface area contributed by atoms with Gasteiger partial charge in [-0.1, -0.05) is 80.6 Å². The molecule has 5 N–H and O–H groups in total. The predicted octanol–water partition coefficient (Wildman–Crippen LogP) is 8.86. The van der Waals surface area contributed by atoms with Crippen molar-refractivity contribution in [2.45, 2.75) is 117 Å². The monoisotopic (exact) mass is 983 g/mol. The second kappa shape index (κ2) is 23.8. The highest BCUT2D eigenvalue weighted by atomic mass is 32.1. The number of rotatable bonds is 11. The van der Waals surface area contributed by atoms with Gasteiger partial charge in [-0.3, -0.25) is 14.0 Å². The van der Waals surface area contributed by atoms with E-state index < -0.39 is 0 Å². The van der Waals surface area contributed by atoms with E-state index in [0.29, 0.717) is 52.7 Å². The van der Waals surface area contributed by atoms with Gasteiger partial charge in [0, 0.05) is 75.1 Å². The average Bonchev–Trinajstić information content (AvgIpc) is 4.20. The van der Waals surface area contributed by atoms with Crippen LogP contribution in [0.3, 0.4) is 0 Å². The Balaban J connectivity index is 0.000000143. The summed E-state index contributed by atoms with van der Waals surface area (Å²) in [5.41, 5.74) is 13.1. The number of piperidine rings is 2. The Morgan fingerprint density at radius 2 is 1.69 bits per heavy atom. The van der Waals surface area contributed by atoms with Crippen molar-refractivity contribution in [2.24, 2.45) is 17.8 Å². The number of imidazole rings is 1. The van der Waals surface area contributed by atoms with Crippen LogP contribution in [0, 0.1) is 36.5 Å². The van der Waals surface area contributed by atoms with Crippen LogP contribution >= 0.6 is 11.3 Å². The third-order valence-electron chi connectivity index (χ3n) is 14.7. The van der Waals surface area contributed by atoms with Crippen LogP contribution in [-0.2, 0) is 9.59 Å². The van der Waals surface area contributed by atoms with Crippen molar-refractivity contribution in [1.82, 2.24) is 39.6 Å². The molecule has 4 fully saturated rings. The van der Waals surface area contributed by atoms with Gasteiger partial charge < -0.3 is 40.5 Å². The molecule has 4 aromatic heterocycles. The largest absolute Gasteiger partial charge is 0.507 e. The van der Waals surface area contributed by atoms with Crippen molar-refractivity contribution in [3.05, 3.63) is 95.1 Å². The van der Waals surface area contributed by atoms with E-state index in [1.54, 1.807) is 32.8 Å². The van der Waals surface area contributed by atoms with Crippen molar-refractivity contribution in [3.63, 3.8) is 0 Å². The van der Waals surface area contributed by atoms with E-state index in [1.165, 1.54) is 43.5 Å². The number of anilines is 2. The van der Waals surface area contributed by atoms with Crippen LogP contribution in [0.5, 0.6) is 5.75 Å². The Morgan fingerprint density at radius 1 is 0.944 bits per heavy atom. The van der Waals surface area contributed by atoms with Crippen molar-refractivity contribution >= 4 is 41.1 Å². The van der Waals surface area contributed by atoms with Gasteiger partial charge in [0.25, 0.3) is 0 Å². The number of hydrogen-bond donors (Lipinski definition) is 4. The number of para-hydroxylation sites is 1. The number of carbonyl (C=O) groups is 2. The van der Waals surface area contributed by atoms with E-state index in [1.807, 2.05) is 56.0 Å². The number of fused-ring (bicyclic) bond motifs is 1. The SMILES string of the molecule is CC(C)C(C)c1cc(N2CCC(CN3CCC(O)CC3)CC2)no1.Cc1ncsc1-c1ccc(C(C)NC(=O)C2CCCN2C=O)cc1.Nc1nc2nc(-c3ccccc3O)cn2cc1C#CC1CCC1. The number of aromatic hydroxyl groups is 1. The lowest BCUT2D eigenvalue weighted by Gasteiger charge is -2.36. The molecule has 3 atom stereocenters. The molecule has 0 spiro atoms. The Bertz CT molecular complexity index is 2760. The number of carbonyl (C=O) groups excluding carboxylic acids is 2. The zero-order valence-corrected chi connectivity index (χ0v) is 42.7. The summed E-state index contributed by atoms with van der Waals surface area (Å²) in [6.07, 6.45) is 13.9. The summed E-state index contributed by atoms with van der Waals surface area (Å²) in [6, 6.07) is 17.0. The number of aryl methyl sites for hydroxylation is 1. The van der Waals surface area contributed by atoms with E-state index in [-0.39, 0.29) is 29.8 Å². The van der Waals surface area contributed by atoms with Crippen molar-refractivity contribution in [2.75, 3.05) is 49.9 Å². The van der Waals surface area contributed by atoms with Crippen LogP contribution < -0.4 is 16.0 Å². The minimum absolute atomic E-state index is 0.0716. The number of amides is 2. The number of aliphatic hydroxyl groups excluding tert-OH is 1. The number of phenols is 1. The first kappa shape index (κ1) is 51.1. The number of aromatic nitrogens is 5. The van der Waals surface area contributed by atoms with Gasteiger partial charge in [-0.05, 0) is 100 Å². The number of nitrogens with zero attached hydrogens (tertiary/aromatic N) is 8. The Labute approximate surface area is 421 Å². The molecule has 1 saturated carbocycles. The number of nitrogen functional groups attached to an aromatic ring is 1. The Morgan fingerprint density at radius 3 is 2.35 bits per heavy atom. The van der Waals surface area contributed by atoms with Crippen LogP contribution in [-0.4, -0.2) is 108 Å². The topological polar surface area (TPSA) is 191 Å². The second-order valence-electron chi connectivity index (χ2n) is 20.0. The number of benzene rings is 2. The van der Waals surface area contributed by atoms with Crippen LogP contribution in [0.15, 0.2) is 77.0 Å². The summed E-state index contributed by atoms with van der Waals surface area (Å²) in [5, 5.41) is 26.9. The van der Waals surface area contributed by atoms with Crippen molar-refractivity contribution in [1.29, 1.82) is 0 Å². The fraction of sp³-hybridized carbons (Fsp3) is 0.491. The summed E-state index contributed by atoms with van der Waals surface area (Å²) in [7, 11) is 0. The Kier molecular flexibility index (Phi) is 17.1. The third kappa shape index (κ3) is 13.0. The first-order valence-electron chi connectivity index (χ1n) is 25.4. The molecule has 7 heterocycles. The lowest BCUT2D eigenvalue weighted by Crippen LogP contribution is -2.43. The van der Waals surface area contributed by atoms with E-state index in [2.05, 4.69) is 86.0 Å². The van der Waals surface area contributed by atoms with Gasteiger partial charge in [0.15, 0.2) is 5.82 Å². The van der Waals surface area contributed by atoms with Gasteiger partial charge in [-0.2, -0.15) is 4.98 Å². The maximum atomic E-state index is 12.4. The maximum absolute atomic E-state index is 12.4. The van der Waals surface area contributed by atoms with E-state index in [9.17, 15) is 19.8 Å². The maximum Gasteiger partial charge on any atom is 0.243 e. The second-order valence-corrected chi connectivity index (χ2v) is 20.8. The third-order valence-corrected chi connectivity index (χ3v) is 15.6. The molecule has 15 nitrogen and oxygen atoms in total. The number of nitrogens with two attached hydrogens (primary N) is 1. The van der Waals surface area contributed by atoms with Gasteiger partial charge in [0.05, 0.1) is 39.5 Å². The number of aliphatic hydroxyl groups is 1. The molecule has 6 aromatic rings. The molecule has 0 bridgehead atoms. The molecule has 71 heavy (non-hydrogen) atoms. The van der Waals surface area contributed by atoms with Crippen molar-refractivity contribution in [3.8, 4) is 39.3 Å². The highest BCUT2D eigenvalue weighted by Gasteiger charge is 2.31. The highest BCUT2D eigenvalue weighted by molar-refractivity contribution is 7.13. The summed E-state index contributed by atoms with van der Waals surface area (Å²) >= 11 is 1.63. The van der Waals surface area contributed by atoms with Crippen LogP contribution in [0.4, 0.5) is 11.6 Å². The van der Waals surface area contributed by atoms with E-state index >= 15 is 0 Å². The summed E-state index contributed by atoms with van der Waals surface area (Å²) in [4.78, 5) is 44.1. The minimum atomic E-state index is -0.330. The molecule has 4 aliphatic rings. The zero-order valence-electron chi connectivity index (χ0n) is 41.8. The predicted molar refractivity (Wildman–Crippen MR) is 280 cm³/mol. The van der Waals surface area contributed by atoms with Gasteiger partial charge in [0.2, 0.25) is 18.1 Å². The Hall–Kier alpha value is -6.28. The summed E-state index contributed by atoms with van der Waals surface area (Å²) in [6.45, 7) is 16.7. The molecule has 3 aliphatic heterocycles. The molecule has 2 amide bonds. The zero-order chi connectivity index (χ0) is 50.0. The summed E-state index contributed by atoms with van der Waals surface area (Å²) < 4.78 is 7.37. The standard InChI is InChI=1S/C19H33N3O2.C18H16N4O.C18H21N3O2S/c1-14(2)15(3)18-12-19(20-24-18)22-10-4-16(5-11-22)13-21-8-6-17(23)7-9-21;19-17-13(9-8-12-4-3-5-12)10-22-11-15(20-18(22)21-17)14-6-1-2-7-16(14)23;1-12(20-18(23)16-4-3-9-21(16)11-22)14-5-7-15(8-6-14)17-13(2)19-10-24-17/h12,14-17,23H,4-11,13H2,1-3H3;1-2,6-7,10-12,23H,3-5H2,(H2,19,20,21);5-8,10-12,16H,3-4,9H2,1-2H3,(H,20,23). The number of hydrogen-bond acceptors (Lipinski definition) is 13. The molecule has 376 valence electrons. The fourth-order valence-corrected chi connectivity index (χ4v) is 10.3. The minimum Gasteiger partial charge on any atom is -0.507 e. The van der Waals surface area contributed by atoms with Gasteiger partial charge in [-0.15, -0.1) is 11.3 Å². The number of nitrogens with one attached hydrogen (secondary N) is 1. The van der Waals surface area contributed by atoms with Gasteiger partial charge in [-0.25, -0.2) is 9.97 Å². The molecule has 10 rings (SSSR count). The molecule has 3 saturated heterocycles. The molecule has 2 aromatic carbocycles. The van der Waals surface area contributed by atoms with Crippen LogP contribution in [0.1, 0.15) is 120 Å². The smallest absolute Gasteiger partial charge is 0.243 e. The number of likely N-dealkylation sites (tertiary alicyclic amines) is 2. The molecule has 1 aliphatic carbocycles. The lowest BCUT2D eigenvalue weighted by molar-refractivity contribution is -0.131. The summed E-state index contributed by atoms with van der Waals surface area (Å²) in [5.74, 6) is 11.6. The molecule has 16 heteroatoms. The van der Waals surface area contributed by atoms with Crippen LogP contribution in [0.25, 0.3) is 27.5 Å². The van der Waals surface area contributed by atoms with Gasteiger partial charge in [0.1, 0.15) is 23.4 Å². The molecular formula is C55H70N10O5S. The number of phenolic OH excluding ortho intramolecular Hbond substituents is 1. The van der Waals surface area contributed by atoms with E-state index in [0.717, 1.165) is 92.6 Å². The lowest BCUT2D eigenvalue weighted by atomic mass is 9.86. The quantitative estimate of drug-likeness (QED) is 0.0714. The van der Waals surface area contributed by atoms with E-state index in [4.69, 9.17) is 10.3 Å². The first-order valence-corrected chi connectivity index (χ1v) is 26.3. The van der Waals surface area contributed by atoms with Crippen molar-refractivity contribution < 1.29 is 24.3 Å². The van der Waals surface area contributed by atoms with Crippen LogP contribution in [0.2, 0.25) is 0 Å². The normalized spacial score (nSPS) is 18.7. The number of thiazole rings is 1. The average molecular weight is 983 g/mol. The highest BCUT2D eigenvalue weighted by Crippen LogP contribution is 2.32. The molecule has 3 unspecified atom stereocenters. The molecule has 0 radical (unpaired) electrons. The fourth-order valence-electron chi connectivity index (χ4n) is 9.46. The molecular weight excluding hydrogens is 913 g/mol. The van der Waals surface area contributed by atoms with Gasteiger partial charge >= 0.3 is 0 Å².